The van der Waals surface area contributed by atoms with Crippen LogP contribution in [0.4, 0.5) is 0 Å². The Bertz CT molecular complexity index is 1540. The quantitative estimate of drug-likeness (QED) is 0.0177. The van der Waals surface area contributed by atoms with Crippen molar-refractivity contribution in [1.29, 1.82) is 0 Å². The number of hydrogen-bond acceptors (Lipinski definition) is 32. The largest absolute Gasteiger partial charge is 0.394 e. The summed E-state index contributed by atoms with van der Waals surface area (Å²) in [4.78, 5) is 40.6. The summed E-state index contributed by atoms with van der Waals surface area (Å²) in [5, 5.41) is 90.6. The first kappa shape index (κ1) is 77.3. The minimum absolute atomic E-state index is 0.0278. The molecule has 0 bridgehead atoms. The number of aryl methyl sites for hydroxylation is 2. The Morgan fingerprint density at radius 2 is 0.536 bits per heavy atom. The summed E-state index contributed by atoms with van der Waals surface area (Å²) in [7, 11) is 0. The minimum Gasteiger partial charge on any atom is -0.394 e. The van der Waals surface area contributed by atoms with Gasteiger partial charge in [0.15, 0.2) is 0 Å². The fourth-order valence-electron chi connectivity index (χ4n) is 6.67. The molecule has 0 amide bonds. The van der Waals surface area contributed by atoms with E-state index in [1.54, 1.807) is 15.6 Å². The third-order valence-corrected chi connectivity index (χ3v) is 10.8. The van der Waals surface area contributed by atoms with Gasteiger partial charge in [0.25, 0.3) is 0 Å². The van der Waals surface area contributed by atoms with Crippen LogP contribution in [0.25, 0.3) is 0 Å². The Morgan fingerprint density at radius 3 is 0.798 bits per heavy atom. The SMILES string of the molecule is OCCOCCOCC(COCCOCCO)OCC(COC(COCCOCCO)COCCOCCO)n1cc(CCCCc2cn(C(COC(COOCCO)COOCCO)COC(COOCCO)COOCCO)nn2)nn1. The molecular formula is C50H96N6O28. The zero-order valence-electron chi connectivity index (χ0n) is 48.3. The monoisotopic (exact) mass is 1230 g/mol. The highest BCUT2D eigenvalue weighted by molar-refractivity contribution is 4.96. The zero-order valence-corrected chi connectivity index (χ0v) is 48.3. The average molecular weight is 1230 g/mol. The summed E-state index contributed by atoms with van der Waals surface area (Å²) < 4.78 is 73.2. The average Bonchev–Trinajstić information content (AvgIpc) is 4.23. The van der Waals surface area contributed by atoms with Crippen LogP contribution in [-0.2, 0) is 109 Å². The summed E-state index contributed by atoms with van der Waals surface area (Å²) in [6.07, 6.45) is 3.46. The molecule has 0 fully saturated rings. The highest BCUT2D eigenvalue weighted by Crippen LogP contribution is 2.16. The Kier molecular flexibility index (Phi) is 53.2. The van der Waals surface area contributed by atoms with Gasteiger partial charge in [-0.2, -0.15) is 0 Å². The minimum atomic E-state index is -0.762. The molecule has 0 unspecified atom stereocenters. The highest BCUT2D eigenvalue weighted by Gasteiger charge is 2.24. The number of ether oxygens (including phenoxy) is 12. The summed E-state index contributed by atoms with van der Waals surface area (Å²) >= 11 is 0. The van der Waals surface area contributed by atoms with E-state index in [1.807, 2.05) is 6.20 Å². The van der Waals surface area contributed by atoms with Gasteiger partial charge in [-0.25, -0.2) is 48.5 Å². The van der Waals surface area contributed by atoms with E-state index in [-0.39, 0.29) is 238 Å². The van der Waals surface area contributed by atoms with Crippen molar-refractivity contribution in [1.82, 2.24) is 30.0 Å². The fourth-order valence-corrected chi connectivity index (χ4v) is 6.67. The van der Waals surface area contributed by atoms with Crippen molar-refractivity contribution < 1.29 is 137 Å². The van der Waals surface area contributed by atoms with Crippen LogP contribution in [0.5, 0.6) is 0 Å². The molecule has 0 saturated heterocycles. The second-order valence-corrected chi connectivity index (χ2v) is 17.7. The maximum absolute atomic E-state index is 9.11. The number of nitrogens with zero attached hydrogens (tertiary/aromatic N) is 6. The van der Waals surface area contributed by atoms with Crippen molar-refractivity contribution in [2.75, 3.05) is 238 Å². The van der Waals surface area contributed by atoms with Gasteiger partial charge in [-0.05, 0) is 25.7 Å². The van der Waals surface area contributed by atoms with Crippen LogP contribution in [0.1, 0.15) is 36.3 Å². The number of aliphatic hydroxyl groups excluding tert-OH is 8. The second-order valence-electron chi connectivity index (χ2n) is 17.7. The summed E-state index contributed by atoms with van der Waals surface area (Å²) in [5.74, 6) is 0. The first-order valence-electron chi connectivity index (χ1n) is 28.2. The number of unbranched alkanes of at least 4 members (excludes halogenated alkanes) is 1. The number of hydrogen-bond donors (Lipinski definition) is 8. The molecule has 0 aliphatic carbocycles. The Hall–Kier alpha value is -2.84. The molecule has 34 heteroatoms. The van der Waals surface area contributed by atoms with Crippen molar-refractivity contribution >= 4 is 0 Å². The first-order chi connectivity index (χ1) is 41.4. The number of aromatic nitrogens is 6. The molecule has 2 aromatic rings. The topological polar surface area (TPSA) is 408 Å². The van der Waals surface area contributed by atoms with Gasteiger partial charge in [0.1, 0.15) is 89.4 Å². The molecule has 0 aromatic carbocycles. The third kappa shape index (κ3) is 42.9. The van der Waals surface area contributed by atoms with E-state index in [4.69, 9.17) is 137 Å². The Balaban J connectivity index is 2.28. The molecule has 0 spiro atoms. The molecule has 494 valence electrons. The van der Waals surface area contributed by atoms with Gasteiger partial charge >= 0.3 is 0 Å². The maximum Gasteiger partial charge on any atom is 0.111 e. The molecule has 8 N–H and O–H groups in total. The number of rotatable bonds is 67. The van der Waals surface area contributed by atoms with Crippen molar-refractivity contribution in [3.8, 4) is 0 Å². The predicted molar refractivity (Wildman–Crippen MR) is 285 cm³/mol. The predicted octanol–water partition coefficient (Wildman–Crippen LogP) is -4.08. The van der Waals surface area contributed by atoms with Gasteiger partial charge in [0.2, 0.25) is 0 Å². The molecule has 0 aliphatic rings. The van der Waals surface area contributed by atoms with Gasteiger partial charge in [0.05, 0.1) is 196 Å². The van der Waals surface area contributed by atoms with E-state index >= 15 is 0 Å². The summed E-state index contributed by atoms with van der Waals surface area (Å²) in [5.41, 5.74) is 1.38. The van der Waals surface area contributed by atoms with E-state index in [0.717, 1.165) is 0 Å². The maximum atomic E-state index is 9.11. The summed E-state index contributed by atoms with van der Waals surface area (Å²) in [6, 6.07) is -1.13. The van der Waals surface area contributed by atoms with E-state index in [9.17, 15) is 0 Å². The molecule has 34 nitrogen and oxygen atoms in total. The molecule has 84 heavy (non-hydrogen) atoms. The zero-order chi connectivity index (χ0) is 60.4. The lowest BCUT2D eigenvalue weighted by Gasteiger charge is -2.25. The lowest BCUT2D eigenvalue weighted by atomic mass is 10.1. The standard InChI is InChI=1S/C50H96N6O28/c57-5-13-65-21-25-69-35-47(36-70-26-22-66-14-6-58)73-31-45(32-74-48(37-71-27-23-67-15-7-59)38-72-28-24-68-16-8-60)55-29-43(51-53-55)3-1-2-4-44-30-56(54-52-44)46(33-75-49(39-81-77-17-9-61)40-82-78-18-10-62)34-76-50(41-83-79-19-11-63)42-84-80-20-12-64/h29-30,45-50,57-64H,1-28,31-42H2. The number of aliphatic hydroxyl groups is 8. The molecule has 2 rings (SSSR count). The second kappa shape index (κ2) is 57.9. The van der Waals surface area contributed by atoms with Crippen molar-refractivity contribution in [2.24, 2.45) is 0 Å². The van der Waals surface area contributed by atoms with Crippen molar-refractivity contribution in [3.05, 3.63) is 23.8 Å². The van der Waals surface area contributed by atoms with Crippen LogP contribution >= 0.6 is 0 Å². The van der Waals surface area contributed by atoms with Crippen molar-refractivity contribution in [3.63, 3.8) is 0 Å². The van der Waals surface area contributed by atoms with Crippen LogP contribution < -0.4 is 0 Å². The van der Waals surface area contributed by atoms with E-state index in [1.165, 1.54) is 0 Å². The molecule has 0 atom stereocenters. The molecule has 2 aromatic heterocycles. The van der Waals surface area contributed by atoms with Crippen LogP contribution in [0.3, 0.4) is 0 Å². The van der Waals surface area contributed by atoms with E-state index < -0.39 is 36.5 Å². The fraction of sp³-hybridized carbons (Fsp3) is 0.920. The van der Waals surface area contributed by atoms with E-state index in [0.29, 0.717) is 37.1 Å². The molecule has 2 heterocycles. The van der Waals surface area contributed by atoms with Crippen LogP contribution in [0.2, 0.25) is 0 Å². The summed E-state index contributed by atoms with van der Waals surface area (Å²) in [6.45, 7) is 1.25. The molecular weight excluding hydrogens is 1130 g/mol. The molecule has 0 saturated carbocycles. The third-order valence-electron chi connectivity index (χ3n) is 10.8. The Morgan fingerprint density at radius 1 is 0.286 bits per heavy atom. The lowest BCUT2D eigenvalue weighted by molar-refractivity contribution is -0.340. The van der Waals surface area contributed by atoms with Gasteiger partial charge in [-0.3, -0.25) is 0 Å². The normalized spacial score (nSPS) is 12.2. The van der Waals surface area contributed by atoms with E-state index in [2.05, 4.69) is 20.6 Å². The van der Waals surface area contributed by atoms with Crippen molar-refractivity contribution in [2.45, 2.75) is 62.2 Å². The molecule has 0 radical (unpaired) electrons. The smallest absolute Gasteiger partial charge is 0.111 e. The van der Waals surface area contributed by atoms with Gasteiger partial charge in [-0.15, -0.1) is 10.2 Å². The lowest BCUT2D eigenvalue weighted by Crippen LogP contribution is -2.34. The van der Waals surface area contributed by atoms with Crippen LogP contribution in [0.15, 0.2) is 12.4 Å². The molecule has 0 aliphatic heterocycles. The van der Waals surface area contributed by atoms with Gasteiger partial charge in [-0.1, -0.05) is 10.4 Å². The van der Waals surface area contributed by atoms with Gasteiger partial charge in [0, 0.05) is 12.4 Å². The highest BCUT2D eigenvalue weighted by atomic mass is 17.2. The first-order valence-corrected chi connectivity index (χ1v) is 28.2. The van der Waals surface area contributed by atoms with Crippen LogP contribution in [-0.4, -0.2) is 333 Å². The van der Waals surface area contributed by atoms with Gasteiger partial charge < -0.3 is 97.7 Å². The van der Waals surface area contributed by atoms with Crippen LogP contribution in [0, 0.1) is 0 Å². The Labute approximate surface area is 489 Å².